The van der Waals surface area contributed by atoms with Crippen molar-refractivity contribution in [3.63, 3.8) is 0 Å². The Morgan fingerprint density at radius 1 is 1.27 bits per heavy atom. The SMILES string of the molecule is C=N/C(=C\C)c1ccc(OCc2ccc(C(=O)O)cc2)nc1. The number of carboxylic acids is 1. The number of aromatic carboxylic acids is 1. The van der Waals surface area contributed by atoms with Gasteiger partial charge >= 0.3 is 5.97 Å². The molecule has 0 fully saturated rings. The van der Waals surface area contributed by atoms with Gasteiger partial charge in [-0.2, -0.15) is 0 Å². The minimum Gasteiger partial charge on any atom is -0.478 e. The summed E-state index contributed by atoms with van der Waals surface area (Å²) >= 11 is 0. The third-order valence-electron chi connectivity index (χ3n) is 3.06. The van der Waals surface area contributed by atoms with Gasteiger partial charge < -0.3 is 9.84 Å². The predicted octanol–water partition coefficient (Wildman–Crippen LogP) is 3.42. The summed E-state index contributed by atoms with van der Waals surface area (Å²) < 4.78 is 5.57. The van der Waals surface area contributed by atoms with Crippen LogP contribution < -0.4 is 4.74 Å². The highest BCUT2D eigenvalue weighted by atomic mass is 16.5. The van der Waals surface area contributed by atoms with E-state index < -0.39 is 5.97 Å². The Morgan fingerprint density at radius 3 is 2.45 bits per heavy atom. The number of aliphatic imine (C=N–C) groups is 1. The van der Waals surface area contributed by atoms with Gasteiger partial charge in [-0.25, -0.2) is 9.78 Å². The summed E-state index contributed by atoms with van der Waals surface area (Å²) in [6.45, 7) is 5.71. The molecule has 1 heterocycles. The Morgan fingerprint density at radius 2 is 1.95 bits per heavy atom. The van der Waals surface area contributed by atoms with Crippen molar-refractivity contribution < 1.29 is 14.6 Å². The molecule has 0 radical (unpaired) electrons. The fourth-order valence-electron chi connectivity index (χ4n) is 1.87. The molecule has 0 amide bonds. The number of aromatic nitrogens is 1. The van der Waals surface area contributed by atoms with Gasteiger partial charge in [0.2, 0.25) is 5.88 Å². The van der Waals surface area contributed by atoms with Crippen LogP contribution in [0.25, 0.3) is 5.70 Å². The molecule has 0 spiro atoms. The molecule has 0 unspecified atom stereocenters. The Kier molecular flexibility index (Phi) is 5.03. The molecule has 0 aliphatic rings. The van der Waals surface area contributed by atoms with Crippen LogP contribution in [0.5, 0.6) is 5.88 Å². The summed E-state index contributed by atoms with van der Waals surface area (Å²) in [5.41, 5.74) is 2.76. The summed E-state index contributed by atoms with van der Waals surface area (Å²) in [6, 6.07) is 10.2. The summed E-state index contributed by atoms with van der Waals surface area (Å²) in [5.74, 6) is -0.453. The highest BCUT2D eigenvalue weighted by molar-refractivity contribution is 5.87. The Hall–Kier alpha value is -2.95. The first-order valence-electron chi connectivity index (χ1n) is 6.68. The second kappa shape index (κ2) is 7.17. The van der Waals surface area contributed by atoms with Crippen molar-refractivity contribution in [2.75, 3.05) is 0 Å². The third-order valence-corrected chi connectivity index (χ3v) is 3.06. The lowest BCUT2D eigenvalue weighted by Gasteiger charge is -2.07. The number of pyridine rings is 1. The molecule has 0 atom stereocenters. The predicted molar refractivity (Wildman–Crippen MR) is 85.2 cm³/mol. The molecule has 0 saturated carbocycles. The van der Waals surface area contributed by atoms with Crippen LogP contribution in [-0.4, -0.2) is 22.8 Å². The van der Waals surface area contributed by atoms with E-state index in [9.17, 15) is 4.79 Å². The van der Waals surface area contributed by atoms with Crippen molar-refractivity contribution in [3.05, 3.63) is 65.4 Å². The molecule has 2 rings (SSSR count). The molecular weight excluding hydrogens is 280 g/mol. The molecule has 0 bridgehead atoms. The zero-order valence-corrected chi connectivity index (χ0v) is 12.2. The fourth-order valence-corrected chi connectivity index (χ4v) is 1.87. The smallest absolute Gasteiger partial charge is 0.335 e. The van der Waals surface area contributed by atoms with Gasteiger partial charge in [-0.05, 0) is 37.4 Å². The number of benzene rings is 1. The van der Waals surface area contributed by atoms with Gasteiger partial charge in [-0.15, -0.1) is 0 Å². The van der Waals surface area contributed by atoms with Crippen LogP contribution in [-0.2, 0) is 6.61 Å². The molecule has 1 N–H and O–H groups in total. The highest BCUT2D eigenvalue weighted by Gasteiger charge is 2.03. The van der Waals surface area contributed by atoms with Gasteiger partial charge in [0.05, 0.1) is 11.3 Å². The van der Waals surface area contributed by atoms with Crippen molar-refractivity contribution in [1.29, 1.82) is 0 Å². The van der Waals surface area contributed by atoms with Crippen molar-refractivity contribution in [3.8, 4) is 5.88 Å². The average molecular weight is 296 g/mol. The molecule has 5 nitrogen and oxygen atoms in total. The number of ether oxygens (including phenoxy) is 1. The third kappa shape index (κ3) is 3.79. The molecule has 1 aromatic carbocycles. The number of nitrogens with zero attached hydrogens (tertiary/aromatic N) is 2. The second-order valence-corrected chi connectivity index (χ2v) is 4.51. The van der Waals surface area contributed by atoms with Crippen LogP contribution >= 0.6 is 0 Å². The lowest BCUT2D eigenvalue weighted by molar-refractivity contribution is 0.0697. The topological polar surface area (TPSA) is 71.8 Å². The van der Waals surface area contributed by atoms with Crippen LogP contribution in [0.15, 0.2) is 53.7 Å². The van der Waals surface area contributed by atoms with Crippen LogP contribution in [0.2, 0.25) is 0 Å². The molecule has 5 heteroatoms. The Labute approximate surface area is 128 Å². The van der Waals surface area contributed by atoms with Gasteiger partial charge in [-0.3, -0.25) is 4.99 Å². The van der Waals surface area contributed by atoms with E-state index in [1.54, 1.807) is 36.5 Å². The van der Waals surface area contributed by atoms with Gasteiger partial charge in [0.1, 0.15) is 6.61 Å². The van der Waals surface area contributed by atoms with Crippen molar-refractivity contribution in [1.82, 2.24) is 4.98 Å². The summed E-state index contributed by atoms with van der Waals surface area (Å²) in [5, 5.41) is 8.84. The normalized spacial score (nSPS) is 11.0. The van der Waals surface area contributed by atoms with E-state index in [2.05, 4.69) is 16.7 Å². The van der Waals surface area contributed by atoms with Gasteiger partial charge in [0.15, 0.2) is 0 Å². The Balaban J connectivity index is 1.99. The van der Waals surface area contributed by atoms with Crippen LogP contribution in [0, 0.1) is 0 Å². The van der Waals surface area contributed by atoms with E-state index in [1.807, 2.05) is 19.1 Å². The molecule has 112 valence electrons. The molecule has 1 aromatic heterocycles. The van der Waals surface area contributed by atoms with Crippen LogP contribution in [0.3, 0.4) is 0 Å². The molecule has 0 saturated heterocycles. The van der Waals surface area contributed by atoms with Crippen molar-refractivity contribution in [2.45, 2.75) is 13.5 Å². The minimum absolute atomic E-state index is 0.252. The number of allylic oxidation sites excluding steroid dienone is 1. The van der Waals surface area contributed by atoms with E-state index in [0.717, 1.165) is 16.8 Å². The maximum absolute atomic E-state index is 10.8. The van der Waals surface area contributed by atoms with E-state index in [0.29, 0.717) is 12.5 Å². The number of hydrogen-bond donors (Lipinski definition) is 1. The van der Waals surface area contributed by atoms with Gasteiger partial charge in [-0.1, -0.05) is 18.2 Å². The monoisotopic (exact) mass is 296 g/mol. The average Bonchev–Trinajstić information content (AvgIpc) is 2.55. The maximum atomic E-state index is 10.8. The second-order valence-electron chi connectivity index (χ2n) is 4.51. The molecular formula is C17H16N2O3. The number of hydrogen-bond acceptors (Lipinski definition) is 4. The minimum atomic E-state index is -0.944. The zero-order valence-electron chi connectivity index (χ0n) is 12.2. The Bertz CT molecular complexity index is 689. The van der Waals surface area contributed by atoms with E-state index in [4.69, 9.17) is 9.84 Å². The lowest BCUT2D eigenvalue weighted by atomic mass is 10.1. The number of carboxylic acid groups (broad SMARTS) is 1. The molecule has 22 heavy (non-hydrogen) atoms. The van der Waals surface area contributed by atoms with Crippen molar-refractivity contribution in [2.24, 2.45) is 4.99 Å². The van der Waals surface area contributed by atoms with E-state index in [-0.39, 0.29) is 5.56 Å². The molecule has 0 aliphatic carbocycles. The standard InChI is InChI=1S/C17H16N2O3/c1-3-15(18-2)14-8-9-16(19-10-14)22-11-12-4-6-13(7-5-12)17(20)21/h3-10H,2,11H2,1H3,(H,20,21)/b15-3-. The summed E-state index contributed by atoms with van der Waals surface area (Å²) in [4.78, 5) is 18.9. The number of carbonyl (C=O) groups is 1. The van der Waals surface area contributed by atoms with Crippen LogP contribution in [0.1, 0.15) is 28.4 Å². The van der Waals surface area contributed by atoms with E-state index in [1.165, 1.54) is 0 Å². The summed E-state index contributed by atoms with van der Waals surface area (Å²) in [7, 11) is 0. The fraction of sp³-hybridized carbons (Fsp3) is 0.118. The molecule has 2 aromatic rings. The number of rotatable bonds is 6. The highest BCUT2D eigenvalue weighted by Crippen LogP contribution is 2.17. The largest absolute Gasteiger partial charge is 0.478 e. The van der Waals surface area contributed by atoms with Gasteiger partial charge in [0, 0.05) is 17.8 Å². The first kappa shape index (κ1) is 15.4. The van der Waals surface area contributed by atoms with E-state index >= 15 is 0 Å². The first-order chi connectivity index (χ1) is 10.6. The van der Waals surface area contributed by atoms with Crippen molar-refractivity contribution >= 4 is 18.4 Å². The first-order valence-corrected chi connectivity index (χ1v) is 6.68. The van der Waals surface area contributed by atoms with Crippen LogP contribution in [0.4, 0.5) is 0 Å². The van der Waals surface area contributed by atoms with Gasteiger partial charge in [0.25, 0.3) is 0 Å². The quantitative estimate of drug-likeness (QED) is 0.829. The maximum Gasteiger partial charge on any atom is 0.335 e. The zero-order chi connectivity index (χ0) is 15.9. The summed E-state index contributed by atoms with van der Waals surface area (Å²) in [6.07, 6.45) is 3.53. The lowest BCUT2D eigenvalue weighted by Crippen LogP contribution is -2.00. The molecule has 0 aliphatic heterocycles.